The molecule has 384 valence electrons. The normalized spacial score (nSPS) is 14.1. The number of hydrogen-bond acceptors (Lipinski definition) is 17. The number of thioether (sulfide) groups is 2. The molecule has 0 spiro atoms. The summed E-state index contributed by atoms with van der Waals surface area (Å²) in [5.41, 5.74) is 3.33. The fourth-order valence-electron chi connectivity index (χ4n) is 6.83. The minimum absolute atomic E-state index is 0.0180. The van der Waals surface area contributed by atoms with E-state index in [0.29, 0.717) is 63.3 Å². The highest BCUT2D eigenvalue weighted by Crippen LogP contribution is 2.48. The summed E-state index contributed by atoms with van der Waals surface area (Å²) in [5, 5.41) is 1.80. The zero-order valence-electron chi connectivity index (χ0n) is 41.0. The Morgan fingerprint density at radius 3 is 1.66 bits per heavy atom. The summed E-state index contributed by atoms with van der Waals surface area (Å²) >= 11 is 3.18. The minimum Gasteiger partial charge on any atom is -0.470 e. The molecular formula is C51H70N4O13S2. The molecule has 0 bridgehead atoms. The van der Waals surface area contributed by atoms with Crippen LogP contribution >= 0.6 is 23.5 Å². The van der Waals surface area contributed by atoms with Gasteiger partial charge in [0.1, 0.15) is 13.2 Å². The largest absolute Gasteiger partial charge is 0.470 e. The van der Waals surface area contributed by atoms with Crippen LogP contribution in [0.5, 0.6) is 0 Å². The maximum absolute atomic E-state index is 12.9. The second-order valence-electron chi connectivity index (χ2n) is 16.1. The van der Waals surface area contributed by atoms with Gasteiger partial charge in [0.25, 0.3) is 5.70 Å². The van der Waals surface area contributed by atoms with E-state index in [0.717, 1.165) is 54.5 Å². The van der Waals surface area contributed by atoms with Crippen molar-refractivity contribution in [3.63, 3.8) is 0 Å². The molecule has 0 aliphatic carbocycles. The van der Waals surface area contributed by atoms with E-state index in [2.05, 4.69) is 61.4 Å². The van der Waals surface area contributed by atoms with Crippen molar-refractivity contribution in [2.45, 2.75) is 108 Å². The molecule has 17 nitrogen and oxygen atoms in total. The summed E-state index contributed by atoms with van der Waals surface area (Å²) in [4.78, 5) is 92.8. The number of para-hydroxylation sites is 2. The number of amides is 1. The molecule has 0 fully saturated rings. The van der Waals surface area contributed by atoms with Crippen LogP contribution in [0.3, 0.4) is 0 Å². The molecule has 2 aromatic rings. The second-order valence-corrected chi connectivity index (χ2v) is 18.2. The van der Waals surface area contributed by atoms with E-state index in [-0.39, 0.29) is 89.8 Å². The first-order valence-corrected chi connectivity index (χ1v) is 25.9. The average molecular weight is 1010 g/mol. The van der Waals surface area contributed by atoms with E-state index in [1.54, 1.807) is 11.8 Å². The van der Waals surface area contributed by atoms with E-state index < -0.39 is 11.9 Å². The van der Waals surface area contributed by atoms with Gasteiger partial charge in [0.2, 0.25) is 5.91 Å². The highest BCUT2D eigenvalue weighted by molar-refractivity contribution is 8.04. The molecule has 0 radical (unpaired) electrons. The van der Waals surface area contributed by atoms with Crippen LogP contribution in [-0.4, -0.2) is 114 Å². The first-order chi connectivity index (χ1) is 34.2. The molecule has 4 rings (SSSR count). The fraction of sp³-hybridized carbons (Fsp3) is 0.549. The number of unbranched alkanes of at least 4 members (excludes halogenated alkanes) is 4. The van der Waals surface area contributed by atoms with Crippen LogP contribution < -0.4 is 9.80 Å². The number of benzene rings is 2. The van der Waals surface area contributed by atoms with E-state index >= 15 is 0 Å². The van der Waals surface area contributed by atoms with Crippen molar-refractivity contribution in [2.75, 3.05) is 95.4 Å². The van der Waals surface area contributed by atoms with Crippen LogP contribution in [0.1, 0.15) is 97.8 Å². The number of esters is 3. The lowest BCUT2D eigenvalue weighted by molar-refractivity contribution is -0.295. The Bertz CT molecular complexity index is 2060. The zero-order chi connectivity index (χ0) is 50.2. The van der Waals surface area contributed by atoms with Gasteiger partial charge in [-0.05, 0) is 94.2 Å². The molecule has 0 unspecified atom stereocenters. The van der Waals surface area contributed by atoms with Gasteiger partial charge in [-0.2, -0.15) is 0 Å². The number of anilines is 2. The lowest BCUT2D eigenvalue weighted by Crippen LogP contribution is -2.36. The molecule has 19 heteroatoms. The quantitative estimate of drug-likeness (QED) is 0.0119. The first kappa shape index (κ1) is 57.7. The maximum Gasteiger partial charge on any atom is 0.339 e. The minimum atomic E-state index is -0.643. The molecular weight excluding hydrogens is 941 g/mol. The molecule has 2 aliphatic heterocycles. The summed E-state index contributed by atoms with van der Waals surface area (Å²) in [5.74, 6) is -1.78. The van der Waals surface area contributed by atoms with Crippen LogP contribution in [-0.2, 0) is 62.7 Å². The Hall–Kier alpha value is -4.91. The topological polar surface area (TPSA) is 165 Å². The Balaban J connectivity index is 0.934. The molecule has 0 saturated heterocycles. The van der Waals surface area contributed by atoms with Crippen molar-refractivity contribution in [2.24, 2.45) is 0 Å². The summed E-state index contributed by atoms with van der Waals surface area (Å²) in [6.07, 6.45) is 8.71. The predicted molar refractivity (Wildman–Crippen MR) is 268 cm³/mol. The second kappa shape index (κ2) is 34.4. The van der Waals surface area contributed by atoms with Crippen molar-refractivity contribution in [1.29, 1.82) is 0 Å². The fourth-order valence-corrected chi connectivity index (χ4v) is 9.16. The van der Waals surface area contributed by atoms with Crippen molar-refractivity contribution in [1.82, 2.24) is 4.90 Å². The van der Waals surface area contributed by atoms with Crippen molar-refractivity contribution in [3.8, 4) is 0 Å². The Morgan fingerprint density at radius 2 is 1.09 bits per heavy atom. The van der Waals surface area contributed by atoms with Gasteiger partial charge in [-0.3, -0.25) is 19.2 Å². The summed E-state index contributed by atoms with van der Waals surface area (Å²) in [7, 11) is 0. The van der Waals surface area contributed by atoms with Crippen molar-refractivity contribution in [3.05, 3.63) is 93.9 Å². The van der Waals surface area contributed by atoms with Crippen molar-refractivity contribution >= 4 is 58.7 Å². The van der Waals surface area contributed by atoms with Gasteiger partial charge in [0.15, 0.2) is 0 Å². The molecule has 0 atom stereocenters. The summed E-state index contributed by atoms with van der Waals surface area (Å²) < 4.78 is 16.0. The van der Waals surface area contributed by atoms with Gasteiger partial charge < -0.3 is 28.9 Å². The number of rotatable bonds is 37. The first-order valence-electron chi connectivity index (χ1n) is 24.3. The standard InChI is InChI=1S/C51H70N4O13S2/c1-6-9-27-54-41-21-11-13-23-43(41)69-49(54)40(4)39-68-66-34-17-15-31-60-46(57)25-19-36-65-67-38-30-53(45(56)8-3)29-37-61-47(58)26-20-35-64-63-33-18-16-32-62-51(59)48(52-5)50-55(28-10-7-2)42-22-12-14-24-44(42)70-50/h8,11-14,21-24H,3,6-7,9-10,15-20,25-39H2,1-2,4H3/b49-40-,50-48+. The van der Waals surface area contributed by atoms with Crippen molar-refractivity contribution < 1.29 is 62.7 Å². The van der Waals surface area contributed by atoms with Crippen LogP contribution in [0.4, 0.5) is 11.4 Å². The van der Waals surface area contributed by atoms with Gasteiger partial charge in [0.05, 0.1) is 80.8 Å². The van der Waals surface area contributed by atoms with Gasteiger partial charge in [-0.25, -0.2) is 34.2 Å². The lowest BCUT2D eigenvalue weighted by Gasteiger charge is -2.22. The number of carbonyl (C=O) groups excluding carboxylic acids is 4. The molecule has 2 aliphatic rings. The van der Waals surface area contributed by atoms with E-state index in [1.165, 1.54) is 32.3 Å². The van der Waals surface area contributed by atoms with Crippen LogP contribution in [0, 0.1) is 6.57 Å². The third kappa shape index (κ3) is 20.4. The summed E-state index contributed by atoms with van der Waals surface area (Å²) in [6.45, 7) is 21.3. The molecule has 2 aromatic carbocycles. The summed E-state index contributed by atoms with van der Waals surface area (Å²) in [6, 6.07) is 16.3. The lowest BCUT2D eigenvalue weighted by atomic mass is 10.2. The predicted octanol–water partition coefficient (Wildman–Crippen LogP) is 9.74. The van der Waals surface area contributed by atoms with Crippen LogP contribution in [0.25, 0.3) is 4.85 Å². The maximum atomic E-state index is 12.9. The van der Waals surface area contributed by atoms with Crippen LogP contribution in [0.15, 0.2) is 92.3 Å². The van der Waals surface area contributed by atoms with E-state index in [4.69, 9.17) is 50.1 Å². The van der Waals surface area contributed by atoms with E-state index in [1.807, 2.05) is 29.2 Å². The molecule has 0 saturated carbocycles. The Kier molecular flexibility index (Phi) is 28.4. The zero-order valence-corrected chi connectivity index (χ0v) is 42.6. The molecule has 0 aromatic heterocycles. The smallest absolute Gasteiger partial charge is 0.339 e. The van der Waals surface area contributed by atoms with E-state index in [9.17, 15) is 19.2 Å². The number of fused-ring (bicyclic) bond motifs is 2. The van der Waals surface area contributed by atoms with Gasteiger partial charge in [-0.15, -0.1) is 0 Å². The van der Waals surface area contributed by atoms with Gasteiger partial charge in [0, 0.05) is 42.3 Å². The SMILES string of the molecule is [C-]#[N+]/C(C(=O)OCCCCOOCCCC(=O)OCCN(CCOOCCCC(=O)OCCCCOOC/C(C)=C1\Sc2ccccc2N1CCCC)C(=O)C=C)=C1/Sc2ccccc2N1CCCC. The highest BCUT2D eigenvalue weighted by atomic mass is 32.2. The third-order valence-corrected chi connectivity index (χ3v) is 13.1. The number of carbonyl (C=O) groups is 4. The third-order valence-electron chi connectivity index (χ3n) is 10.6. The van der Waals surface area contributed by atoms with Gasteiger partial charge >= 0.3 is 17.9 Å². The molecule has 2 heterocycles. The number of ether oxygens (including phenoxy) is 3. The molecule has 1 amide bonds. The molecule has 70 heavy (non-hydrogen) atoms. The number of nitrogens with zero attached hydrogens (tertiary/aromatic N) is 4. The molecule has 0 N–H and O–H groups in total. The average Bonchev–Trinajstić information content (AvgIpc) is 3.93. The Morgan fingerprint density at radius 1 is 0.614 bits per heavy atom. The monoisotopic (exact) mass is 1010 g/mol. The highest BCUT2D eigenvalue weighted by Gasteiger charge is 2.31. The Labute approximate surface area is 421 Å². The van der Waals surface area contributed by atoms with Gasteiger partial charge in [-0.1, -0.05) is 81.1 Å². The van der Waals surface area contributed by atoms with Crippen LogP contribution in [0.2, 0.25) is 0 Å². The number of hydrogen-bond donors (Lipinski definition) is 0.